The summed E-state index contributed by atoms with van der Waals surface area (Å²) in [7, 11) is 0. The van der Waals surface area contributed by atoms with Gasteiger partial charge in [-0.3, -0.25) is 4.98 Å². The molecule has 1 aromatic heterocycles. The van der Waals surface area contributed by atoms with Crippen LogP contribution in [0.4, 0.5) is 5.82 Å². The summed E-state index contributed by atoms with van der Waals surface area (Å²) in [5.74, 6) is 0.457. The van der Waals surface area contributed by atoms with Crippen LogP contribution in [0.25, 0.3) is 11.3 Å². The monoisotopic (exact) mass is 319 g/mol. The summed E-state index contributed by atoms with van der Waals surface area (Å²) >= 11 is 0. The molecule has 1 aromatic carbocycles. The fourth-order valence-electron chi connectivity index (χ4n) is 2.44. The van der Waals surface area contributed by atoms with Crippen LogP contribution in [0.5, 0.6) is 0 Å². The van der Waals surface area contributed by atoms with Crippen LogP contribution in [0, 0.1) is 0 Å². The summed E-state index contributed by atoms with van der Waals surface area (Å²) in [5, 5.41) is 0. The van der Waals surface area contributed by atoms with Crippen molar-refractivity contribution in [3.8, 4) is 11.3 Å². The van der Waals surface area contributed by atoms with E-state index in [1.807, 2.05) is 0 Å². The van der Waals surface area contributed by atoms with Gasteiger partial charge in [0.05, 0.1) is 18.1 Å². The standard InChI is InChI=1S/C18H25N3.ClH/c1-2-3-4-5-6-7-8-15-9-11-16(12-10-15)17-13-21-18(19)14-20-17;/h9-14H,2-8H2,1H3,(H2,19,21);1H. The number of nitrogens with zero attached hydrogens (tertiary/aromatic N) is 2. The highest BCUT2D eigenvalue weighted by Crippen LogP contribution is 2.18. The Morgan fingerprint density at radius 2 is 1.55 bits per heavy atom. The van der Waals surface area contributed by atoms with Crippen molar-refractivity contribution in [1.29, 1.82) is 0 Å². The SMILES string of the molecule is CCCCCCCCc1ccc(-c2cnc(N)cn2)cc1.Cl. The van der Waals surface area contributed by atoms with Crippen molar-refractivity contribution in [3.63, 3.8) is 0 Å². The lowest BCUT2D eigenvalue weighted by Gasteiger charge is -2.04. The average Bonchev–Trinajstić information content (AvgIpc) is 2.52. The van der Waals surface area contributed by atoms with Crippen molar-refractivity contribution in [1.82, 2.24) is 9.97 Å². The average molecular weight is 320 g/mol. The highest BCUT2D eigenvalue weighted by atomic mass is 35.5. The van der Waals surface area contributed by atoms with E-state index in [1.165, 1.54) is 50.5 Å². The molecule has 0 aliphatic heterocycles. The van der Waals surface area contributed by atoms with Gasteiger partial charge in [-0.15, -0.1) is 12.4 Å². The number of nitrogens with two attached hydrogens (primary N) is 1. The molecule has 0 aliphatic carbocycles. The minimum Gasteiger partial charge on any atom is -0.382 e. The molecule has 2 N–H and O–H groups in total. The number of rotatable bonds is 8. The molecule has 2 rings (SSSR count). The Kier molecular flexibility index (Phi) is 8.53. The third-order valence-corrected chi connectivity index (χ3v) is 3.74. The number of benzene rings is 1. The lowest BCUT2D eigenvalue weighted by molar-refractivity contribution is 0.607. The lowest BCUT2D eigenvalue weighted by atomic mass is 10.0. The van der Waals surface area contributed by atoms with Crippen LogP contribution in [0.15, 0.2) is 36.7 Å². The molecule has 0 atom stereocenters. The van der Waals surface area contributed by atoms with Gasteiger partial charge >= 0.3 is 0 Å². The Morgan fingerprint density at radius 1 is 0.864 bits per heavy atom. The minimum absolute atomic E-state index is 0. The molecular formula is C18H26ClN3. The van der Waals surface area contributed by atoms with Crippen molar-refractivity contribution in [2.75, 3.05) is 5.73 Å². The minimum atomic E-state index is 0. The summed E-state index contributed by atoms with van der Waals surface area (Å²) in [4.78, 5) is 8.37. The molecular weight excluding hydrogens is 294 g/mol. The van der Waals surface area contributed by atoms with Crippen LogP contribution in [-0.2, 0) is 6.42 Å². The van der Waals surface area contributed by atoms with Crippen LogP contribution in [-0.4, -0.2) is 9.97 Å². The van der Waals surface area contributed by atoms with E-state index in [1.54, 1.807) is 12.4 Å². The Morgan fingerprint density at radius 3 is 2.18 bits per heavy atom. The third-order valence-electron chi connectivity index (χ3n) is 3.74. The highest BCUT2D eigenvalue weighted by molar-refractivity contribution is 5.85. The second kappa shape index (κ2) is 10.2. The molecule has 0 bridgehead atoms. The molecule has 0 saturated carbocycles. The first-order chi connectivity index (χ1) is 10.3. The van der Waals surface area contributed by atoms with E-state index in [0.717, 1.165) is 11.3 Å². The van der Waals surface area contributed by atoms with Gasteiger partial charge < -0.3 is 5.73 Å². The smallest absolute Gasteiger partial charge is 0.141 e. The van der Waals surface area contributed by atoms with Crippen molar-refractivity contribution in [3.05, 3.63) is 42.2 Å². The zero-order chi connectivity index (χ0) is 14.9. The van der Waals surface area contributed by atoms with Crippen LogP contribution in [0.3, 0.4) is 0 Å². The topological polar surface area (TPSA) is 51.8 Å². The van der Waals surface area contributed by atoms with Crippen molar-refractivity contribution in [2.24, 2.45) is 0 Å². The maximum atomic E-state index is 5.55. The van der Waals surface area contributed by atoms with Gasteiger partial charge in [0, 0.05) is 5.56 Å². The Bertz CT molecular complexity index is 523. The predicted molar refractivity (Wildman–Crippen MR) is 96.2 cm³/mol. The number of unbranched alkanes of at least 4 members (excludes halogenated alkanes) is 5. The van der Waals surface area contributed by atoms with Gasteiger partial charge in [0.2, 0.25) is 0 Å². The number of hydrogen-bond donors (Lipinski definition) is 1. The fourth-order valence-corrected chi connectivity index (χ4v) is 2.44. The molecule has 2 aromatic rings. The first kappa shape index (κ1) is 18.4. The number of aromatic nitrogens is 2. The fraction of sp³-hybridized carbons (Fsp3) is 0.444. The predicted octanol–water partition coefficient (Wildman–Crippen LogP) is 5.05. The number of aryl methyl sites for hydroxylation is 1. The summed E-state index contributed by atoms with van der Waals surface area (Å²) in [6.45, 7) is 2.26. The van der Waals surface area contributed by atoms with E-state index in [0.29, 0.717) is 5.82 Å². The summed E-state index contributed by atoms with van der Waals surface area (Å²) in [6, 6.07) is 8.62. The van der Waals surface area contributed by atoms with Gasteiger partial charge in [-0.05, 0) is 18.4 Å². The molecule has 120 valence electrons. The van der Waals surface area contributed by atoms with Gasteiger partial charge in [0.1, 0.15) is 5.82 Å². The quantitative estimate of drug-likeness (QED) is 0.693. The molecule has 0 saturated heterocycles. The molecule has 0 spiro atoms. The van der Waals surface area contributed by atoms with Crippen molar-refractivity contribution < 1.29 is 0 Å². The third kappa shape index (κ3) is 6.02. The molecule has 0 amide bonds. The van der Waals surface area contributed by atoms with E-state index in [-0.39, 0.29) is 12.4 Å². The molecule has 0 aliphatic rings. The van der Waals surface area contributed by atoms with E-state index in [9.17, 15) is 0 Å². The molecule has 3 nitrogen and oxygen atoms in total. The largest absolute Gasteiger partial charge is 0.382 e. The Balaban J connectivity index is 0.00000242. The van der Waals surface area contributed by atoms with Crippen LogP contribution in [0.1, 0.15) is 51.0 Å². The number of nitrogen functional groups attached to an aromatic ring is 1. The van der Waals surface area contributed by atoms with Crippen LogP contribution >= 0.6 is 12.4 Å². The maximum absolute atomic E-state index is 5.55. The van der Waals surface area contributed by atoms with E-state index in [2.05, 4.69) is 41.2 Å². The Hall–Kier alpha value is -1.61. The Labute approximate surface area is 139 Å². The van der Waals surface area contributed by atoms with Crippen molar-refractivity contribution >= 4 is 18.2 Å². The van der Waals surface area contributed by atoms with E-state index in [4.69, 9.17) is 5.73 Å². The zero-order valence-electron chi connectivity index (χ0n) is 13.3. The molecule has 0 unspecified atom stereocenters. The first-order valence-corrected chi connectivity index (χ1v) is 7.96. The van der Waals surface area contributed by atoms with Crippen LogP contribution in [0.2, 0.25) is 0 Å². The lowest BCUT2D eigenvalue weighted by Crippen LogP contribution is -1.93. The second-order valence-electron chi connectivity index (χ2n) is 5.54. The summed E-state index contributed by atoms with van der Waals surface area (Å²) in [5.41, 5.74) is 8.92. The molecule has 22 heavy (non-hydrogen) atoms. The second-order valence-corrected chi connectivity index (χ2v) is 5.54. The van der Waals surface area contributed by atoms with Crippen molar-refractivity contribution in [2.45, 2.75) is 51.9 Å². The van der Waals surface area contributed by atoms with Gasteiger partial charge in [-0.25, -0.2) is 4.98 Å². The van der Waals surface area contributed by atoms with Crippen LogP contribution < -0.4 is 5.73 Å². The van der Waals surface area contributed by atoms with Gasteiger partial charge in [-0.2, -0.15) is 0 Å². The van der Waals surface area contributed by atoms with Gasteiger partial charge in [0.25, 0.3) is 0 Å². The first-order valence-electron chi connectivity index (χ1n) is 7.96. The van der Waals surface area contributed by atoms with E-state index < -0.39 is 0 Å². The molecule has 0 radical (unpaired) electrons. The normalized spacial score (nSPS) is 10.2. The van der Waals surface area contributed by atoms with Gasteiger partial charge in [0.15, 0.2) is 0 Å². The highest BCUT2D eigenvalue weighted by Gasteiger charge is 2.00. The maximum Gasteiger partial charge on any atom is 0.141 e. The number of halogens is 1. The number of anilines is 1. The summed E-state index contributed by atoms with van der Waals surface area (Å²) in [6.07, 6.45) is 12.5. The van der Waals surface area contributed by atoms with E-state index >= 15 is 0 Å². The molecule has 1 heterocycles. The zero-order valence-corrected chi connectivity index (χ0v) is 14.1. The molecule has 0 fully saturated rings. The van der Waals surface area contributed by atoms with Gasteiger partial charge in [-0.1, -0.05) is 63.3 Å². The number of hydrogen-bond acceptors (Lipinski definition) is 3. The summed E-state index contributed by atoms with van der Waals surface area (Å²) < 4.78 is 0. The molecule has 4 heteroatoms.